The van der Waals surface area contributed by atoms with Gasteiger partial charge in [0.25, 0.3) is 0 Å². The molecule has 0 unspecified atom stereocenters. The smallest absolute Gasteiger partial charge is 0.235 e. The van der Waals surface area contributed by atoms with Crippen LogP contribution in [-0.4, -0.2) is 29.8 Å². The minimum Gasteiger partial charge on any atom is -0.265 e. The van der Waals surface area contributed by atoms with E-state index < -0.39 is 0 Å². The second-order valence-corrected chi connectivity index (χ2v) is 8.40. The van der Waals surface area contributed by atoms with Gasteiger partial charge in [-0.1, -0.05) is 35.2 Å². The first-order chi connectivity index (χ1) is 12.4. The van der Waals surface area contributed by atoms with Crippen molar-refractivity contribution in [3.05, 3.63) is 54.6 Å². The van der Waals surface area contributed by atoms with Crippen molar-refractivity contribution in [1.82, 2.24) is 29.8 Å². The third-order valence-electron chi connectivity index (χ3n) is 3.58. The summed E-state index contributed by atoms with van der Waals surface area (Å²) in [5.74, 6) is 1.51. The van der Waals surface area contributed by atoms with Gasteiger partial charge in [-0.15, -0.1) is 21.5 Å². The normalized spacial score (nSPS) is 11.5. The van der Waals surface area contributed by atoms with E-state index in [9.17, 15) is 0 Å². The highest BCUT2D eigenvalue weighted by Crippen LogP contribution is 2.32. The van der Waals surface area contributed by atoms with Gasteiger partial charge in [0, 0.05) is 18.0 Å². The molecule has 0 saturated heterocycles. The van der Waals surface area contributed by atoms with Crippen molar-refractivity contribution in [3.63, 3.8) is 0 Å². The molecule has 1 aromatic carbocycles. The van der Waals surface area contributed by atoms with Crippen LogP contribution < -0.4 is 0 Å². The van der Waals surface area contributed by atoms with Crippen molar-refractivity contribution in [2.24, 2.45) is 0 Å². The van der Waals surface area contributed by atoms with Crippen molar-refractivity contribution in [2.45, 2.75) is 10.1 Å². The van der Waals surface area contributed by atoms with Crippen LogP contribution in [0.25, 0.3) is 25.7 Å². The lowest BCUT2D eigenvalue weighted by Crippen LogP contribution is -1.94. The molecule has 5 rings (SSSR count). The van der Waals surface area contributed by atoms with Gasteiger partial charge in [-0.05, 0) is 24.3 Å². The standard InChI is InChI=1S/C16H10N6S3/c1-2-4-12-11(3-1)18-16(24-12)23-9-13-19-20-15-22(13)21-14(25-15)10-5-7-17-8-6-10/h1-8H,9H2. The van der Waals surface area contributed by atoms with Gasteiger partial charge >= 0.3 is 0 Å². The average Bonchev–Trinajstić information content (AvgIpc) is 3.34. The van der Waals surface area contributed by atoms with E-state index in [4.69, 9.17) is 0 Å². The molecule has 25 heavy (non-hydrogen) atoms. The number of benzene rings is 1. The molecule has 0 atom stereocenters. The third kappa shape index (κ3) is 2.80. The van der Waals surface area contributed by atoms with Crippen LogP contribution in [0, 0.1) is 0 Å². The lowest BCUT2D eigenvalue weighted by atomic mass is 10.3. The topological polar surface area (TPSA) is 68.9 Å². The van der Waals surface area contributed by atoms with Crippen molar-refractivity contribution < 1.29 is 0 Å². The van der Waals surface area contributed by atoms with Crippen LogP contribution in [0.4, 0.5) is 0 Å². The Labute approximate surface area is 154 Å². The first kappa shape index (κ1) is 14.9. The molecule has 6 nitrogen and oxygen atoms in total. The lowest BCUT2D eigenvalue weighted by Gasteiger charge is -1.95. The highest BCUT2D eigenvalue weighted by molar-refractivity contribution is 8.00. The van der Waals surface area contributed by atoms with E-state index in [1.807, 2.05) is 34.8 Å². The first-order valence-electron chi connectivity index (χ1n) is 7.47. The molecular formula is C16H10N6S3. The van der Waals surface area contributed by atoms with Gasteiger partial charge in [0.05, 0.1) is 16.0 Å². The molecule has 0 spiro atoms. The first-order valence-corrected chi connectivity index (χ1v) is 10.1. The fourth-order valence-electron chi connectivity index (χ4n) is 2.40. The minimum absolute atomic E-state index is 0.681. The van der Waals surface area contributed by atoms with Crippen molar-refractivity contribution in [1.29, 1.82) is 0 Å². The van der Waals surface area contributed by atoms with Gasteiger partial charge in [0.1, 0.15) is 5.01 Å². The van der Waals surface area contributed by atoms with E-state index in [2.05, 4.69) is 31.3 Å². The summed E-state index contributed by atoms with van der Waals surface area (Å²) in [7, 11) is 0. The number of hydrogen-bond acceptors (Lipinski definition) is 8. The van der Waals surface area contributed by atoms with Crippen LogP contribution in [0.3, 0.4) is 0 Å². The van der Waals surface area contributed by atoms with Crippen LogP contribution in [-0.2, 0) is 5.75 Å². The second kappa shape index (κ2) is 6.17. The van der Waals surface area contributed by atoms with Crippen molar-refractivity contribution in [3.8, 4) is 10.6 Å². The number of rotatable bonds is 4. The molecule has 0 aliphatic carbocycles. The maximum Gasteiger partial charge on any atom is 0.235 e. The summed E-state index contributed by atoms with van der Waals surface area (Å²) in [6, 6.07) is 12.1. The van der Waals surface area contributed by atoms with Gasteiger partial charge in [-0.25, -0.2) is 4.98 Å². The number of pyridine rings is 1. The molecule has 0 radical (unpaired) electrons. The summed E-state index contributed by atoms with van der Waals surface area (Å²) in [5, 5.41) is 14.1. The zero-order valence-corrected chi connectivity index (χ0v) is 15.2. The van der Waals surface area contributed by atoms with E-state index in [0.29, 0.717) is 5.75 Å². The summed E-state index contributed by atoms with van der Waals surface area (Å²) >= 11 is 4.88. The minimum atomic E-state index is 0.681. The second-order valence-electron chi connectivity index (χ2n) is 5.19. The maximum atomic E-state index is 4.65. The summed E-state index contributed by atoms with van der Waals surface area (Å²) in [5.41, 5.74) is 2.07. The van der Waals surface area contributed by atoms with Crippen LogP contribution in [0.15, 0.2) is 53.1 Å². The lowest BCUT2D eigenvalue weighted by molar-refractivity contribution is 0.887. The van der Waals surface area contributed by atoms with Crippen molar-refractivity contribution in [2.75, 3.05) is 0 Å². The Kier molecular flexibility index (Phi) is 3.69. The number of thiazole rings is 1. The summed E-state index contributed by atoms with van der Waals surface area (Å²) < 4.78 is 4.05. The quantitative estimate of drug-likeness (QED) is 0.435. The van der Waals surface area contributed by atoms with Crippen LogP contribution in [0.2, 0.25) is 0 Å². The Morgan fingerprint density at radius 2 is 1.88 bits per heavy atom. The SMILES string of the molecule is c1ccc2sc(SCc3nnc4sc(-c5ccncc5)nn34)nc2c1. The predicted molar refractivity (Wildman–Crippen MR) is 101 cm³/mol. The molecule has 4 aromatic heterocycles. The molecule has 0 bridgehead atoms. The zero-order chi connectivity index (χ0) is 16.6. The molecule has 0 fully saturated rings. The fraction of sp³-hybridized carbons (Fsp3) is 0.0625. The molecule has 0 aliphatic heterocycles. The van der Waals surface area contributed by atoms with Gasteiger partial charge in [-0.2, -0.15) is 9.61 Å². The molecule has 5 aromatic rings. The molecule has 0 aliphatic rings. The van der Waals surface area contributed by atoms with Crippen LogP contribution in [0.5, 0.6) is 0 Å². The zero-order valence-electron chi connectivity index (χ0n) is 12.7. The van der Waals surface area contributed by atoms with E-state index in [1.165, 1.54) is 16.0 Å². The Hall–Kier alpha value is -2.36. The van der Waals surface area contributed by atoms with Crippen molar-refractivity contribution >= 4 is 49.6 Å². The van der Waals surface area contributed by atoms with E-state index in [0.717, 1.165) is 31.2 Å². The number of para-hydroxylation sites is 1. The number of nitrogens with zero attached hydrogens (tertiary/aromatic N) is 6. The highest BCUT2D eigenvalue weighted by atomic mass is 32.2. The molecule has 0 amide bonds. The maximum absolute atomic E-state index is 4.65. The average molecular weight is 382 g/mol. The van der Waals surface area contributed by atoms with Gasteiger partial charge < -0.3 is 0 Å². The van der Waals surface area contributed by atoms with Gasteiger partial charge in [0.15, 0.2) is 10.2 Å². The fourth-order valence-corrected chi connectivity index (χ4v) is 5.24. The monoisotopic (exact) mass is 382 g/mol. The summed E-state index contributed by atoms with van der Waals surface area (Å²) in [4.78, 5) is 9.49. The Morgan fingerprint density at radius 1 is 1.00 bits per heavy atom. The Morgan fingerprint density at radius 3 is 2.76 bits per heavy atom. The Bertz CT molecular complexity index is 1130. The Balaban J connectivity index is 1.42. The largest absolute Gasteiger partial charge is 0.265 e. The molecule has 0 saturated carbocycles. The van der Waals surface area contributed by atoms with Crippen LogP contribution in [0.1, 0.15) is 5.82 Å². The highest BCUT2D eigenvalue weighted by Gasteiger charge is 2.14. The predicted octanol–water partition coefficient (Wildman–Crippen LogP) is 4.15. The number of aromatic nitrogens is 6. The van der Waals surface area contributed by atoms with Gasteiger partial charge in [-0.3, -0.25) is 4.98 Å². The van der Waals surface area contributed by atoms with E-state index >= 15 is 0 Å². The number of hydrogen-bond donors (Lipinski definition) is 0. The molecule has 4 heterocycles. The van der Waals surface area contributed by atoms with E-state index in [-0.39, 0.29) is 0 Å². The summed E-state index contributed by atoms with van der Waals surface area (Å²) in [6.45, 7) is 0. The van der Waals surface area contributed by atoms with E-state index in [1.54, 1.807) is 35.5 Å². The molecular weight excluding hydrogens is 372 g/mol. The number of thioether (sulfide) groups is 1. The molecule has 122 valence electrons. The van der Waals surface area contributed by atoms with Gasteiger partial charge in [0.2, 0.25) is 4.96 Å². The van der Waals surface area contributed by atoms with Crippen LogP contribution >= 0.6 is 34.4 Å². The molecule has 0 N–H and O–H groups in total. The molecule has 9 heteroatoms. The summed E-state index contributed by atoms with van der Waals surface area (Å²) in [6.07, 6.45) is 3.53. The third-order valence-corrected chi connectivity index (χ3v) is 6.70. The number of fused-ring (bicyclic) bond motifs is 2.